The molecule has 0 spiro atoms. The molecule has 0 bridgehead atoms. The van der Waals surface area contributed by atoms with E-state index in [0.717, 1.165) is 18.8 Å². The van der Waals surface area contributed by atoms with Crippen LogP contribution in [-0.2, 0) is 13.1 Å². The summed E-state index contributed by atoms with van der Waals surface area (Å²) in [5.41, 5.74) is 2.47. The number of alkyl halides is 1. The molecular formula is C17H24ClN3. The molecule has 4 heteroatoms. The zero-order valence-corrected chi connectivity index (χ0v) is 13.5. The minimum atomic E-state index is 0.108. The van der Waals surface area contributed by atoms with Crippen LogP contribution in [0.4, 0.5) is 0 Å². The van der Waals surface area contributed by atoms with Crippen molar-refractivity contribution < 1.29 is 0 Å². The Bertz CT molecular complexity index is 599. The zero-order valence-electron chi connectivity index (χ0n) is 12.7. The molecule has 0 aliphatic heterocycles. The summed E-state index contributed by atoms with van der Waals surface area (Å²) in [6.07, 6.45) is 6.27. The van der Waals surface area contributed by atoms with Gasteiger partial charge in [-0.1, -0.05) is 37.5 Å². The second-order valence-corrected chi connectivity index (χ2v) is 6.38. The van der Waals surface area contributed by atoms with Gasteiger partial charge in [0.15, 0.2) is 0 Å². The molecule has 2 aromatic rings. The Morgan fingerprint density at radius 3 is 2.71 bits per heavy atom. The number of nitrogens with zero attached hydrogens (tertiary/aromatic N) is 2. The summed E-state index contributed by atoms with van der Waals surface area (Å²) in [5.74, 6) is 0.694. The molecule has 1 fully saturated rings. The number of aromatic nitrogens is 2. The van der Waals surface area contributed by atoms with Gasteiger partial charge in [-0.25, -0.2) is 0 Å². The summed E-state index contributed by atoms with van der Waals surface area (Å²) >= 11 is 6.27. The first-order valence-corrected chi connectivity index (χ1v) is 8.57. The minimum absolute atomic E-state index is 0.108. The molecule has 21 heavy (non-hydrogen) atoms. The lowest BCUT2D eigenvalue weighted by atomic mass is 9.83. The lowest BCUT2D eigenvalue weighted by Gasteiger charge is -2.36. The van der Waals surface area contributed by atoms with Crippen molar-refractivity contribution in [3.05, 3.63) is 30.0 Å². The summed E-state index contributed by atoms with van der Waals surface area (Å²) in [6.45, 7) is 3.85. The predicted molar refractivity (Wildman–Crippen MR) is 88.8 cm³/mol. The fourth-order valence-electron chi connectivity index (χ4n) is 3.43. The maximum atomic E-state index is 6.27. The summed E-state index contributed by atoms with van der Waals surface area (Å²) < 4.78 is 2.08. The number of halogens is 1. The molecule has 1 saturated carbocycles. The van der Waals surface area contributed by atoms with Crippen molar-refractivity contribution in [2.45, 2.75) is 57.7 Å². The lowest BCUT2D eigenvalue weighted by molar-refractivity contribution is 0.255. The van der Waals surface area contributed by atoms with Gasteiger partial charge in [0.1, 0.15) is 0 Å². The van der Waals surface area contributed by atoms with Crippen LogP contribution in [0.5, 0.6) is 0 Å². The summed E-state index contributed by atoms with van der Waals surface area (Å²) in [6, 6.07) is 8.48. The fraction of sp³-hybridized carbons (Fsp3) is 0.588. The molecule has 1 aliphatic rings. The molecule has 0 unspecified atom stereocenters. The molecule has 0 radical (unpaired) electrons. The Hall–Kier alpha value is -1.06. The van der Waals surface area contributed by atoms with Crippen molar-refractivity contribution in [1.29, 1.82) is 0 Å². The van der Waals surface area contributed by atoms with E-state index in [2.05, 4.69) is 41.2 Å². The first-order valence-electron chi connectivity index (χ1n) is 8.03. The number of fused-ring (bicyclic) bond motifs is 1. The van der Waals surface area contributed by atoms with Crippen LogP contribution in [0, 0.1) is 0 Å². The van der Waals surface area contributed by atoms with Crippen LogP contribution in [0.25, 0.3) is 10.9 Å². The van der Waals surface area contributed by atoms with Crippen molar-refractivity contribution in [1.82, 2.24) is 15.1 Å². The first kappa shape index (κ1) is 14.9. The second kappa shape index (κ2) is 6.37. The maximum Gasteiger partial charge on any atom is 0.0841 e. The van der Waals surface area contributed by atoms with Crippen LogP contribution in [0.1, 0.15) is 44.7 Å². The summed E-state index contributed by atoms with van der Waals surface area (Å²) in [5, 5.41) is 9.75. The van der Waals surface area contributed by atoms with Gasteiger partial charge in [0.05, 0.1) is 11.2 Å². The highest BCUT2D eigenvalue weighted by Crippen LogP contribution is 2.30. The summed E-state index contributed by atoms with van der Waals surface area (Å²) in [4.78, 5) is 0. The standard InChI is InChI=1S/C17H24ClN3/c1-2-21-16-9-5-4-8-14(16)15(20-21)12-19-17(13-18)10-6-3-7-11-17/h4-5,8-9,19H,2-3,6-7,10-13H2,1H3. The number of benzene rings is 1. The van der Waals surface area contributed by atoms with E-state index < -0.39 is 0 Å². The fourth-order valence-corrected chi connectivity index (χ4v) is 3.79. The first-order chi connectivity index (χ1) is 10.3. The quantitative estimate of drug-likeness (QED) is 0.843. The molecule has 0 saturated heterocycles. The van der Waals surface area contributed by atoms with E-state index in [1.807, 2.05) is 0 Å². The number of para-hydroxylation sites is 1. The van der Waals surface area contributed by atoms with Crippen LogP contribution < -0.4 is 5.32 Å². The van der Waals surface area contributed by atoms with E-state index in [4.69, 9.17) is 16.7 Å². The van der Waals surface area contributed by atoms with Crippen LogP contribution in [0.15, 0.2) is 24.3 Å². The number of nitrogens with one attached hydrogen (secondary N) is 1. The molecular weight excluding hydrogens is 282 g/mol. The van der Waals surface area contributed by atoms with Crippen molar-refractivity contribution in [3.8, 4) is 0 Å². The smallest absolute Gasteiger partial charge is 0.0841 e. The van der Waals surface area contributed by atoms with Gasteiger partial charge in [-0.3, -0.25) is 4.68 Å². The van der Waals surface area contributed by atoms with Crippen LogP contribution >= 0.6 is 11.6 Å². The van der Waals surface area contributed by atoms with Crippen molar-refractivity contribution in [2.24, 2.45) is 0 Å². The molecule has 3 rings (SSSR count). The predicted octanol–water partition coefficient (Wildman–Crippen LogP) is 4.09. The van der Waals surface area contributed by atoms with E-state index in [9.17, 15) is 0 Å². The van der Waals surface area contributed by atoms with Crippen molar-refractivity contribution in [2.75, 3.05) is 5.88 Å². The SMILES string of the molecule is CCn1nc(CNC2(CCl)CCCCC2)c2ccccc21. The van der Waals surface area contributed by atoms with Gasteiger partial charge in [-0.2, -0.15) is 5.10 Å². The molecule has 1 aromatic heterocycles. The Morgan fingerprint density at radius 1 is 1.24 bits per heavy atom. The third-order valence-corrected chi connectivity index (χ3v) is 5.24. The van der Waals surface area contributed by atoms with Gasteiger partial charge in [-0.15, -0.1) is 11.6 Å². The normalized spacial score (nSPS) is 18.2. The maximum absolute atomic E-state index is 6.27. The zero-order chi connectivity index (χ0) is 14.7. The van der Waals surface area contributed by atoms with Gasteiger partial charge in [0.25, 0.3) is 0 Å². The number of hydrogen-bond acceptors (Lipinski definition) is 2. The van der Waals surface area contributed by atoms with E-state index in [0.29, 0.717) is 5.88 Å². The lowest BCUT2D eigenvalue weighted by Crippen LogP contribution is -2.48. The topological polar surface area (TPSA) is 29.9 Å². The molecule has 1 N–H and O–H groups in total. The van der Waals surface area contributed by atoms with Gasteiger partial charge in [0.2, 0.25) is 0 Å². The van der Waals surface area contributed by atoms with Gasteiger partial charge >= 0.3 is 0 Å². The minimum Gasteiger partial charge on any atom is -0.304 e. The monoisotopic (exact) mass is 305 g/mol. The average Bonchev–Trinajstić information content (AvgIpc) is 2.92. The van der Waals surface area contributed by atoms with Crippen LogP contribution in [-0.4, -0.2) is 21.2 Å². The average molecular weight is 306 g/mol. The number of hydrogen-bond donors (Lipinski definition) is 1. The number of aryl methyl sites for hydroxylation is 1. The Kier molecular flexibility index (Phi) is 4.51. The second-order valence-electron chi connectivity index (χ2n) is 6.11. The Balaban J connectivity index is 1.81. The molecule has 0 atom stereocenters. The highest BCUT2D eigenvalue weighted by Gasteiger charge is 2.30. The highest BCUT2D eigenvalue weighted by atomic mass is 35.5. The van der Waals surface area contributed by atoms with Crippen molar-refractivity contribution in [3.63, 3.8) is 0 Å². The summed E-state index contributed by atoms with van der Waals surface area (Å²) in [7, 11) is 0. The van der Waals surface area contributed by atoms with E-state index in [1.165, 1.54) is 43.0 Å². The Morgan fingerprint density at radius 2 is 2.00 bits per heavy atom. The molecule has 1 aromatic carbocycles. The third kappa shape index (κ3) is 2.95. The van der Waals surface area contributed by atoms with E-state index in [-0.39, 0.29) is 5.54 Å². The van der Waals surface area contributed by atoms with Gasteiger partial charge < -0.3 is 5.32 Å². The molecule has 0 amide bonds. The van der Waals surface area contributed by atoms with Crippen LogP contribution in [0.3, 0.4) is 0 Å². The van der Waals surface area contributed by atoms with Gasteiger partial charge in [-0.05, 0) is 25.8 Å². The highest BCUT2D eigenvalue weighted by molar-refractivity contribution is 6.18. The van der Waals surface area contributed by atoms with Crippen molar-refractivity contribution >= 4 is 22.5 Å². The van der Waals surface area contributed by atoms with Gasteiger partial charge in [0, 0.05) is 29.9 Å². The molecule has 1 aliphatic carbocycles. The molecule has 114 valence electrons. The number of rotatable bonds is 5. The third-order valence-electron chi connectivity index (χ3n) is 4.73. The largest absolute Gasteiger partial charge is 0.304 e. The molecule has 1 heterocycles. The van der Waals surface area contributed by atoms with E-state index in [1.54, 1.807) is 0 Å². The van der Waals surface area contributed by atoms with E-state index >= 15 is 0 Å². The van der Waals surface area contributed by atoms with Crippen LogP contribution in [0.2, 0.25) is 0 Å². The Labute approximate surface area is 131 Å². The molecule has 3 nitrogen and oxygen atoms in total.